The highest BCUT2D eigenvalue weighted by Crippen LogP contribution is 2.31. The summed E-state index contributed by atoms with van der Waals surface area (Å²) in [7, 11) is 0. The van der Waals surface area contributed by atoms with E-state index in [2.05, 4.69) is 10.3 Å². The van der Waals surface area contributed by atoms with Gasteiger partial charge in [-0.3, -0.25) is 9.79 Å². The number of furan rings is 1. The summed E-state index contributed by atoms with van der Waals surface area (Å²) >= 11 is 13.1. The van der Waals surface area contributed by atoms with Crippen LogP contribution in [0.2, 0.25) is 10.0 Å². The topological polar surface area (TPSA) is 112 Å². The predicted octanol–water partition coefficient (Wildman–Crippen LogP) is 5.42. The Hall–Kier alpha value is -3.20. The summed E-state index contributed by atoms with van der Waals surface area (Å²) in [6.07, 6.45) is 1.58. The lowest BCUT2D eigenvalue weighted by atomic mass is 10.1. The number of amidine groups is 1. The highest BCUT2D eigenvalue weighted by molar-refractivity contribution is 8.18. The first kappa shape index (κ1) is 22.0. The van der Waals surface area contributed by atoms with Crippen molar-refractivity contribution in [3.8, 4) is 17.1 Å². The zero-order valence-corrected chi connectivity index (χ0v) is 18.5. The summed E-state index contributed by atoms with van der Waals surface area (Å²) in [4.78, 5) is 28.1. The van der Waals surface area contributed by atoms with Crippen LogP contribution in [0, 0.1) is 0 Å². The van der Waals surface area contributed by atoms with Crippen LogP contribution in [0.5, 0.6) is 5.75 Å². The third-order valence-corrected chi connectivity index (χ3v) is 6.14. The molecule has 1 aliphatic rings. The molecule has 3 aromatic rings. The van der Waals surface area contributed by atoms with Crippen molar-refractivity contribution in [3.05, 3.63) is 80.4 Å². The Balaban J connectivity index is 1.48. The van der Waals surface area contributed by atoms with Gasteiger partial charge in [-0.25, -0.2) is 4.79 Å². The standard InChI is InChI=1S/C22H14Cl2N2O5S/c23-15-5-1-11(7-16(15)24)10-25-22-26-20(28)19(32-22)9-13-3-6-18(31-13)12-2-4-14(21(29)30)17(27)8-12/h1-9,27H,10H2,(H,29,30)(H,25,26,28)/b19-9-. The molecule has 0 spiro atoms. The highest BCUT2D eigenvalue weighted by Gasteiger charge is 2.24. The average Bonchev–Trinajstić information content (AvgIpc) is 3.35. The molecule has 2 aromatic carbocycles. The number of carboxylic acids is 1. The number of nitrogens with zero attached hydrogens (tertiary/aromatic N) is 1. The predicted molar refractivity (Wildman–Crippen MR) is 124 cm³/mol. The lowest BCUT2D eigenvalue weighted by Crippen LogP contribution is -2.19. The molecular formula is C22H14Cl2N2O5S. The van der Waals surface area contributed by atoms with E-state index in [4.69, 9.17) is 32.7 Å². The van der Waals surface area contributed by atoms with Gasteiger partial charge in [-0.15, -0.1) is 0 Å². The number of hydrogen-bond donors (Lipinski definition) is 3. The zero-order chi connectivity index (χ0) is 22.8. The third kappa shape index (κ3) is 4.83. The van der Waals surface area contributed by atoms with Gasteiger partial charge in [0.05, 0.1) is 21.5 Å². The van der Waals surface area contributed by atoms with Gasteiger partial charge < -0.3 is 19.9 Å². The minimum Gasteiger partial charge on any atom is -0.507 e. The molecule has 2 heterocycles. The number of thioether (sulfide) groups is 1. The van der Waals surface area contributed by atoms with Crippen LogP contribution < -0.4 is 5.32 Å². The van der Waals surface area contributed by atoms with E-state index in [9.17, 15) is 14.7 Å². The number of benzene rings is 2. The molecule has 3 N–H and O–H groups in total. The van der Waals surface area contributed by atoms with Crippen molar-refractivity contribution in [1.82, 2.24) is 5.32 Å². The number of carbonyl (C=O) groups is 2. The quantitative estimate of drug-likeness (QED) is 0.413. The number of nitrogens with one attached hydrogen (secondary N) is 1. The van der Waals surface area contributed by atoms with Gasteiger partial charge in [0, 0.05) is 11.6 Å². The Morgan fingerprint density at radius 3 is 2.66 bits per heavy atom. The normalized spacial score (nSPS) is 16.0. The molecule has 32 heavy (non-hydrogen) atoms. The highest BCUT2D eigenvalue weighted by atomic mass is 35.5. The number of carbonyl (C=O) groups excluding carboxylic acids is 1. The van der Waals surface area contributed by atoms with Gasteiger partial charge in [0.25, 0.3) is 5.91 Å². The van der Waals surface area contributed by atoms with Crippen LogP contribution in [-0.4, -0.2) is 27.3 Å². The number of aromatic carboxylic acids is 1. The third-order valence-electron chi connectivity index (χ3n) is 4.45. The summed E-state index contributed by atoms with van der Waals surface area (Å²) in [5, 5.41) is 22.9. The van der Waals surface area contributed by atoms with Gasteiger partial charge in [-0.2, -0.15) is 0 Å². The number of amides is 1. The largest absolute Gasteiger partial charge is 0.507 e. The van der Waals surface area contributed by atoms with Gasteiger partial charge in [-0.05, 0) is 53.7 Å². The summed E-state index contributed by atoms with van der Waals surface area (Å²) in [6.45, 7) is 0.327. The summed E-state index contributed by atoms with van der Waals surface area (Å²) in [5.41, 5.74) is 1.16. The maximum atomic E-state index is 12.3. The second-order valence-electron chi connectivity index (χ2n) is 6.67. The van der Waals surface area contributed by atoms with Crippen LogP contribution in [-0.2, 0) is 11.3 Å². The van der Waals surface area contributed by atoms with E-state index in [0.717, 1.165) is 5.56 Å². The van der Waals surface area contributed by atoms with Gasteiger partial charge in [0.2, 0.25) is 0 Å². The number of aromatic hydroxyl groups is 1. The van der Waals surface area contributed by atoms with Crippen molar-refractivity contribution in [3.63, 3.8) is 0 Å². The molecule has 1 fully saturated rings. The molecule has 162 valence electrons. The van der Waals surface area contributed by atoms with E-state index < -0.39 is 5.97 Å². The molecule has 7 nitrogen and oxygen atoms in total. The molecular weight excluding hydrogens is 475 g/mol. The van der Waals surface area contributed by atoms with Crippen LogP contribution in [0.25, 0.3) is 17.4 Å². The molecule has 0 atom stereocenters. The van der Waals surface area contributed by atoms with Crippen LogP contribution in [0.1, 0.15) is 21.7 Å². The monoisotopic (exact) mass is 488 g/mol. The zero-order valence-electron chi connectivity index (χ0n) is 16.1. The number of phenols is 1. The minimum atomic E-state index is -1.22. The molecule has 0 unspecified atom stereocenters. The first-order valence-corrected chi connectivity index (χ1v) is 10.7. The van der Waals surface area contributed by atoms with E-state index in [1.807, 2.05) is 6.07 Å². The van der Waals surface area contributed by atoms with E-state index in [1.54, 1.807) is 30.3 Å². The molecule has 1 aromatic heterocycles. The fraction of sp³-hybridized carbons (Fsp3) is 0.0455. The molecule has 4 rings (SSSR count). The van der Waals surface area contributed by atoms with Crippen LogP contribution >= 0.6 is 35.0 Å². The summed E-state index contributed by atoms with van der Waals surface area (Å²) in [6, 6.07) is 12.7. The summed E-state index contributed by atoms with van der Waals surface area (Å²) < 4.78 is 5.73. The average molecular weight is 489 g/mol. The first-order chi connectivity index (χ1) is 15.3. The van der Waals surface area contributed by atoms with Gasteiger partial charge in [-0.1, -0.05) is 35.3 Å². The number of hydrogen-bond acceptors (Lipinski definition) is 6. The molecule has 0 bridgehead atoms. The van der Waals surface area contributed by atoms with Crippen molar-refractivity contribution in [2.45, 2.75) is 6.54 Å². The number of halogens is 2. The lowest BCUT2D eigenvalue weighted by Gasteiger charge is -2.02. The molecule has 1 aliphatic heterocycles. The van der Waals surface area contributed by atoms with Crippen LogP contribution in [0.3, 0.4) is 0 Å². The van der Waals surface area contributed by atoms with Crippen molar-refractivity contribution in [1.29, 1.82) is 0 Å². The Bertz CT molecular complexity index is 1300. The Morgan fingerprint density at radius 2 is 1.94 bits per heavy atom. The Morgan fingerprint density at radius 1 is 1.12 bits per heavy atom. The fourth-order valence-corrected chi connectivity index (χ4v) is 4.00. The van der Waals surface area contributed by atoms with Crippen molar-refractivity contribution in [2.24, 2.45) is 4.99 Å². The first-order valence-electron chi connectivity index (χ1n) is 9.16. The van der Waals surface area contributed by atoms with E-state index >= 15 is 0 Å². The molecule has 0 aliphatic carbocycles. The Kier molecular flexibility index (Phi) is 6.27. The maximum absolute atomic E-state index is 12.3. The summed E-state index contributed by atoms with van der Waals surface area (Å²) in [5.74, 6) is -1.05. The SMILES string of the molecule is O=C1NC(=NCc2ccc(Cl)c(Cl)c2)S/C1=C\c1ccc(-c2ccc(C(=O)O)c(O)c2)o1. The Labute approximate surface area is 196 Å². The minimum absolute atomic E-state index is 0.200. The molecule has 1 amide bonds. The van der Waals surface area contributed by atoms with Gasteiger partial charge >= 0.3 is 5.97 Å². The van der Waals surface area contributed by atoms with Crippen molar-refractivity contribution in [2.75, 3.05) is 0 Å². The second kappa shape index (κ2) is 9.12. The second-order valence-corrected chi connectivity index (χ2v) is 8.52. The molecule has 10 heteroatoms. The van der Waals surface area contributed by atoms with E-state index in [1.165, 1.54) is 30.0 Å². The molecule has 0 saturated carbocycles. The van der Waals surface area contributed by atoms with Gasteiger partial charge in [0.15, 0.2) is 5.17 Å². The van der Waals surface area contributed by atoms with Crippen molar-refractivity contribution < 1.29 is 24.2 Å². The smallest absolute Gasteiger partial charge is 0.339 e. The molecule has 0 radical (unpaired) electrons. The van der Waals surface area contributed by atoms with E-state index in [0.29, 0.717) is 43.7 Å². The maximum Gasteiger partial charge on any atom is 0.339 e. The molecule has 1 saturated heterocycles. The van der Waals surface area contributed by atoms with E-state index in [-0.39, 0.29) is 17.2 Å². The number of rotatable bonds is 5. The van der Waals surface area contributed by atoms with Crippen LogP contribution in [0.15, 0.2) is 62.8 Å². The van der Waals surface area contributed by atoms with Crippen LogP contribution in [0.4, 0.5) is 0 Å². The fourth-order valence-electron chi connectivity index (χ4n) is 2.88. The van der Waals surface area contributed by atoms with Crippen molar-refractivity contribution >= 4 is 58.1 Å². The number of carboxylic acid groups (broad SMARTS) is 1. The lowest BCUT2D eigenvalue weighted by molar-refractivity contribution is -0.115. The van der Waals surface area contributed by atoms with Gasteiger partial charge in [0.1, 0.15) is 22.8 Å². The number of aliphatic imine (C=N–C) groups is 1.